The molecule has 3 aromatic rings. The fourth-order valence-electron chi connectivity index (χ4n) is 2.88. The Morgan fingerprint density at radius 2 is 1.71 bits per heavy atom. The standard InChI is InChI=1S/C19H20FN3O/c1-3-22(4-2)13-18-21-17-8-6-5-7-16(17)19(24)23(18)15-11-9-14(20)10-12-15/h5-12H,3-4,13H2,1-2H3/p+1. The number of hydrogen-bond donors (Lipinski definition) is 1. The molecule has 24 heavy (non-hydrogen) atoms. The van der Waals surface area contributed by atoms with E-state index in [4.69, 9.17) is 4.98 Å². The van der Waals surface area contributed by atoms with Crippen molar-refractivity contribution in [3.8, 4) is 5.69 Å². The molecule has 3 rings (SSSR count). The van der Waals surface area contributed by atoms with Crippen LogP contribution >= 0.6 is 0 Å². The first kappa shape index (κ1) is 16.3. The van der Waals surface area contributed by atoms with Gasteiger partial charge in [-0.3, -0.25) is 9.36 Å². The van der Waals surface area contributed by atoms with Gasteiger partial charge in [0.15, 0.2) is 5.82 Å². The van der Waals surface area contributed by atoms with E-state index in [1.807, 2.05) is 18.2 Å². The summed E-state index contributed by atoms with van der Waals surface area (Å²) in [6.45, 7) is 6.76. The molecule has 1 N–H and O–H groups in total. The highest BCUT2D eigenvalue weighted by atomic mass is 19.1. The molecule has 0 aliphatic rings. The number of para-hydroxylation sites is 1. The van der Waals surface area contributed by atoms with E-state index in [0.717, 1.165) is 13.1 Å². The fraction of sp³-hybridized carbons (Fsp3) is 0.263. The lowest BCUT2D eigenvalue weighted by Gasteiger charge is -2.18. The number of fused-ring (bicyclic) bond motifs is 1. The Balaban J connectivity index is 2.25. The summed E-state index contributed by atoms with van der Waals surface area (Å²) in [6.07, 6.45) is 0. The molecule has 124 valence electrons. The molecule has 0 fully saturated rings. The molecule has 0 amide bonds. The third kappa shape index (κ3) is 3.08. The molecule has 0 atom stereocenters. The Hall–Kier alpha value is -2.53. The summed E-state index contributed by atoms with van der Waals surface area (Å²) >= 11 is 0. The van der Waals surface area contributed by atoms with Crippen molar-refractivity contribution in [1.29, 1.82) is 0 Å². The third-order valence-electron chi connectivity index (χ3n) is 4.34. The van der Waals surface area contributed by atoms with Crippen LogP contribution in [0, 0.1) is 5.82 Å². The molecule has 0 unspecified atom stereocenters. The van der Waals surface area contributed by atoms with E-state index < -0.39 is 0 Å². The first-order valence-electron chi connectivity index (χ1n) is 8.24. The van der Waals surface area contributed by atoms with Crippen molar-refractivity contribution >= 4 is 10.9 Å². The summed E-state index contributed by atoms with van der Waals surface area (Å²) in [7, 11) is 0. The summed E-state index contributed by atoms with van der Waals surface area (Å²) in [5.74, 6) is 0.375. The van der Waals surface area contributed by atoms with Crippen LogP contribution in [0.4, 0.5) is 4.39 Å². The van der Waals surface area contributed by atoms with Crippen molar-refractivity contribution in [2.24, 2.45) is 0 Å². The van der Waals surface area contributed by atoms with Crippen LogP contribution in [-0.4, -0.2) is 22.6 Å². The van der Waals surface area contributed by atoms with Gasteiger partial charge in [-0.1, -0.05) is 12.1 Å². The summed E-state index contributed by atoms with van der Waals surface area (Å²) in [5, 5.41) is 0.570. The van der Waals surface area contributed by atoms with Gasteiger partial charge in [0, 0.05) is 0 Å². The minimum Gasteiger partial charge on any atom is -0.329 e. The van der Waals surface area contributed by atoms with Crippen LogP contribution in [0.2, 0.25) is 0 Å². The Morgan fingerprint density at radius 3 is 2.38 bits per heavy atom. The maximum atomic E-state index is 13.3. The number of halogens is 1. The Labute approximate surface area is 140 Å². The van der Waals surface area contributed by atoms with Gasteiger partial charge in [-0.05, 0) is 50.2 Å². The molecule has 1 aromatic heterocycles. The lowest BCUT2D eigenvalue weighted by molar-refractivity contribution is -0.911. The molecule has 0 bridgehead atoms. The summed E-state index contributed by atoms with van der Waals surface area (Å²) in [4.78, 5) is 19.1. The number of rotatable bonds is 5. The highest BCUT2D eigenvalue weighted by Crippen LogP contribution is 2.13. The predicted octanol–water partition coefficient (Wildman–Crippen LogP) is 1.95. The topological polar surface area (TPSA) is 39.3 Å². The summed E-state index contributed by atoms with van der Waals surface area (Å²) in [5.41, 5.74) is 1.22. The maximum Gasteiger partial charge on any atom is 0.266 e. The van der Waals surface area contributed by atoms with Gasteiger partial charge in [-0.25, -0.2) is 9.37 Å². The van der Waals surface area contributed by atoms with Crippen molar-refractivity contribution < 1.29 is 9.29 Å². The van der Waals surface area contributed by atoms with E-state index >= 15 is 0 Å². The summed E-state index contributed by atoms with van der Waals surface area (Å²) < 4.78 is 14.9. The largest absolute Gasteiger partial charge is 0.329 e. The molecule has 0 saturated heterocycles. The summed E-state index contributed by atoms with van der Waals surface area (Å²) in [6, 6.07) is 13.3. The Morgan fingerprint density at radius 1 is 1.04 bits per heavy atom. The van der Waals surface area contributed by atoms with Crippen molar-refractivity contribution in [2.75, 3.05) is 13.1 Å². The van der Waals surface area contributed by atoms with E-state index in [9.17, 15) is 9.18 Å². The molecule has 2 aromatic carbocycles. The van der Waals surface area contributed by atoms with Crippen LogP contribution in [0.1, 0.15) is 19.7 Å². The van der Waals surface area contributed by atoms with Crippen LogP contribution in [-0.2, 0) is 6.54 Å². The van der Waals surface area contributed by atoms with Crippen LogP contribution in [0.3, 0.4) is 0 Å². The van der Waals surface area contributed by atoms with Crippen molar-refractivity contribution in [3.05, 3.63) is 70.5 Å². The molecule has 0 aliphatic carbocycles. The minimum absolute atomic E-state index is 0.117. The molecular formula is C19H21FN3O+. The molecular weight excluding hydrogens is 305 g/mol. The number of aromatic nitrogens is 2. The van der Waals surface area contributed by atoms with Crippen LogP contribution < -0.4 is 10.5 Å². The third-order valence-corrected chi connectivity index (χ3v) is 4.34. The van der Waals surface area contributed by atoms with Gasteiger partial charge < -0.3 is 4.90 Å². The average molecular weight is 326 g/mol. The van der Waals surface area contributed by atoms with Gasteiger partial charge in [-0.2, -0.15) is 0 Å². The van der Waals surface area contributed by atoms with E-state index in [1.54, 1.807) is 22.8 Å². The Bertz CT molecular complexity index is 899. The number of benzene rings is 2. The second-order valence-electron chi connectivity index (χ2n) is 5.80. The van der Waals surface area contributed by atoms with Gasteiger partial charge >= 0.3 is 0 Å². The number of hydrogen-bond acceptors (Lipinski definition) is 2. The second kappa shape index (κ2) is 6.93. The lowest BCUT2D eigenvalue weighted by atomic mass is 10.2. The fourth-order valence-corrected chi connectivity index (χ4v) is 2.88. The number of nitrogens with zero attached hydrogens (tertiary/aromatic N) is 2. The Kier molecular flexibility index (Phi) is 4.71. The van der Waals surface area contributed by atoms with Crippen LogP contribution in [0.25, 0.3) is 16.6 Å². The van der Waals surface area contributed by atoms with E-state index in [0.29, 0.717) is 29.0 Å². The van der Waals surface area contributed by atoms with Gasteiger partial charge in [0.25, 0.3) is 5.56 Å². The average Bonchev–Trinajstić information content (AvgIpc) is 2.61. The van der Waals surface area contributed by atoms with Crippen molar-refractivity contribution in [1.82, 2.24) is 9.55 Å². The first-order valence-corrected chi connectivity index (χ1v) is 8.24. The zero-order valence-electron chi connectivity index (χ0n) is 13.9. The van der Waals surface area contributed by atoms with Gasteiger partial charge in [-0.15, -0.1) is 0 Å². The monoisotopic (exact) mass is 326 g/mol. The van der Waals surface area contributed by atoms with Crippen LogP contribution in [0.5, 0.6) is 0 Å². The number of quaternary nitrogens is 1. The van der Waals surface area contributed by atoms with Crippen molar-refractivity contribution in [2.45, 2.75) is 20.4 Å². The zero-order valence-corrected chi connectivity index (χ0v) is 13.9. The number of nitrogens with one attached hydrogen (secondary N) is 1. The zero-order chi connectivity index (χ0) is 17.1. The van der Waals surface area contributed by atoms with E-state index in [1.165, 1.54) is 17.0 Å². The normalized spacial score (nSPS) is 11.3. The highest BCUT2D eigenvalue weighted by Gasteiger charge is 2.16. The first-order chi connectivity index (χ1) is 11.6. The van der Waals surface area contributed by atoms with Gasteiger partial charge in [0.2, 0.25) is 0 Å². The lowest BCUT2D eigenvalue weighted by Crippen LogP contribution is -3.10. The quantitative estimate of drug-likeness (QED) is 0.778. The van der Waals surface area contributed by atoms with Gasteiger partial charge in [0.1, 0.15) is 12.4 Å². The molecule has 1 heterocycles. The molecule has 4 nitrogen and oxygen atoms in total. The van der Waals surface area contributed by atoms with E-state index in [2.05, 4.69) is 13.8 Å². The van der Waals surface area contributed by atoms with Gasteiger partial charge in [0.05, 0.1) is 29.7 Å². The molecule has 0 aliphatic heterocycles. The minimum atomic E-state index is -0.323. The molecule has 0 spiro atoms. The molecule has 5 heteroatoms. The van der Waals surface area contributed by atoms with E-state index in [-0.39, 0.29) is 11.4 Å². The predicted molar refractivity (Wildman–Crippen MR) is 93.0 cm³/mol. The molecule has 0 radical (unpaired) electrons. The van der Waals surface area contributed by atoms with Crippen LogP contribution in [0.15, 0.2) is 53.3 Å². The smallest absolute Gasteiger partial charge is 0.266 e. The SMILES string of the molecule is CC[NH+](CC)Cc1nc2ccccc2c(=O)n1-c1ccc(F)cc1. The molecule has 0 saturated carbocycles. The second-order valence-corrected chi connectivity index (χ2v) is 5.80. The maximum absolute atomic E-state index is 13.3. The van der Waals surface area contributed by atoms with Crippen molar-refractivity contribution in [3.63, 3.8) is 0 Å². The highest BCUT2D eigenvalue weighted by molar-refractivity contribution is 5.77.